The van der Waals surface area contributed by atoms with E-state index in [1.54, 1.807) is 23.1 Å². The van der Waals surface area contributed by atoms with Crippen LogP contribution in [0.3, 0.4) is 0 Å². The Morgan fingerprint density at radius 1 is 1.38 bits per heavy atom. The molecule has 0 unspecified atom stereocenters. The molecule has 2 heterocycles. The second-order valence-electron chi connectivity index (χ2n) is 4.56. The molecular weight excluding hydrogens is 290 g/mol. The third-order valence-corrected chi connectivity index (χ3v) is 4.29. The molecule has 0 aliphatic rings. The quantitative estimate of drug-likeness (QED) is 0.796. The largest absolute Gasteiger partial charge is 0.369 e. The van der Waals surface area contributed by atoms with Crippen molar-refractivity contribution >= 4 is 15.8 Å². The molecule has 7 nitrogen and oxygen atoms in total. The maximum absolute atomic E-state index is 12.3. The van der Waals surface area contributed by atoms with Crippen molar-refractivity contribution < 1.29 is 8.42 Å². The number of aromatic nitrogens is 3. The molecule has 2 aromatic rings. The summed E-state index contributed by atoms with van der Waals surface area (Å²) >= 11 is 0. The summed E-state index contributed by atoms with van der Waals surface area (Å²) in [6.07, 6.45) is 5.16. The number of anilines is 1. The monoisotopic (exact) mass is 309 g/mol. The second kappa shape index (κ2) is 6.68. The summed E-state index contributed by atoms with van der Waals surface area (Å²) in [4.78, 5) is 4.21. The van der Waals surface area contributed by atoms with Gasteiger partial charge in [0.15, 0.2) is 0 Å². The van der Waals surface area contributed by atoms with E-state index in [2.05, 4.69) is 20.1 Å². The Labute approximate surface area is 124 Å². The number of hydrogen-bond acceptors (Lipinski definition) is 5. The van der Waals surface area contributed by atoms with Gasteiger partial charge in [0, 0.05) is 25.5 Å². The normalized spacial score (nSPS) is 11.5. The lowest BCUT2D eigenvalue weighted by Crippen LogP contribution is -2.28. The molecule has 8 heteroatoms. The molecule has 0 bridgehead atoms. The predicted octanol–water partition coefficient (Wildman–Crippen LogP) is 0.997. The van der Waals surface area contributed by atoms with Gasteiger partial charge in [0.25, 0.3) is 0 Å². The van der Waals surface area contributed by atoms with Crippen LogP contribution in [-0.2, 0) is 16.6 Å². The van der Waals surface area contributed by atoms with Crippen molar-refractivity contribution in [2.75, 3.05) is 18.4 Å². The first-order valence-electron chi connectivity index (χ1n) is 6.70. The molecular formula is C13H19N5O2S. The standard InChI is InChI=1S/C13H19N5O2S/c1-3-14-13-12(5-4-6-15-13)21(19,20)17-7-8-18-10-11(2)9-16-18/h4-6,9-10,17H,3,7-8H2,1-2H3,(H,14,15). The number of sulfonamides is 1. The van der Waals surface area contributed by atoms with Gasteiger partial charge in [-0.3, -0.25) is 4.68 Å². The molecule has 114 valence electrons. The van der Waals surface area contributed by atoms with Crippen LogP contribution in [0.1, 0.15) is 12.5 Å². The highest BCUT2D eigenvalue weighted by Gasteiger charge is 2.18. The van der Waals surface area contributed by atoms with Crippen LogP contribution in [0.4, 0.5) is 5.82 Å². The van der Waals surface area contributed by atoms with Gasteiger partial charge in [-0.2, -0.15) is 5.10 Å². The lowest BCUT2D eigenvalue weighted by atomic mass is 10.4. The number of pyridine rings is 1. The van der Waals surface area contributed by atoms with Crippen molar-refractivity contribution in [3.8, 4) is 0 Å². The molecule has 2 aromatic heterocycles. The van der Waals surface area contributed by atoms with Crippen molar-refractivity contribution in [1.82, 2.24) is 19.5 Å². The van der Waals surface area contributed by atoms with Gasteiger partial charge in [0.05, 0.1) is 12.7 Å². The van der Waals surface area contributed by atoms with Crippen molar-refractivity contribution in [2.45, 2.75) is 25.3 Å². The molecule has 0 aliphatic heterocycles. The minimum absolute atomic E-state index is 0.156. The fourth-order valence-corrected chi connectivity index (χ4v) is 3.02. The molecule has 0 saturated carbocycles. The first-order chi connectivity index (χ1) is 10.0. The van der Waals surface area contributed by atoms with Crippen molar-refractivity contribution in [3.63, 3.8) is 0 Å². The van der Waals surface area contributed by atoms with E-state index in [1.165, 1.54) is 6.07 Å². The summed E-state index contributed by atoms with van der Waals surface area (Å²) in [5.74, 6) is 0.363. The van der Waals surface area contributed by atoms with Crippen LogP contribution in [0, 0.1) is 6.92 Å². The number of nitrogens with zero attached hydrogens (tertiary/aromatic N) is 3. The summed E-state index contributed by atoms with van der Waals surface area (Å²) < 4.78 is 28.9. The van der Waals surface area contributed by atoms with E-state index in [9.17, 15) is 8.42 Å². The van der Waals surface area contributed by atoms with Gasteiger partial charge >= 0.3 is 0 Å². The molecule has 2 rings (SSSR count). The Morgan fingerprint density at radius 3 is 2.86 bits per heavy atom. The summed E-state index contributed by atoms with van der Waals surface area (Å²) in [6, 6.07) is 3.14. The van der Waals surface area contributed by atoms with Gasteiger partial charge in [-0.1, -0.05) is 0 Å². The zero-order chi connectivity index (χ0) is 15.3. The van der Waals surface area contributed by atoms with E-state index in [4.69, 9.17) is 0 Å². The third kappa shape index (κ3) is 4.02. The van der Waals surface area contributed by atoms with Gasteiger partial charge in [-0.15, -0.1) is 0 Å². The van der Waals surface area contributed by atoms with Crippen LogP contribution in [-0.4, -0.2) is 36.3 Å². The van der Waals surface area contributed by atoms with Crippen LogP contribution in [0.5, 0.6) is 0 Å². The fraction of sp³-hybridized carbons (Fsp3) is 0.385. The van der Waals surface area contributed by atoms with Gasteiger partial charge in [-0.25, -0.2) is 18.1 Å². The summed E-state index contributed by atoms with van der Waals surface area (Å²) in [7, 11) is -3.59. The van der Waals surface area contributed by atoms with Crippen LogP contribution < -0.4 is 10.0 Å². The predicted molar refractivity (Wildman–Crippen MR) is 80.6 cm³/mol. The summed E-state index contributed by atoms with van der Waals surface area (Å²) in [5, 5.41) is 7.06. The Bertz CT molecular complexity index is 696. The van der Waals surface area contributed by atoms with Crippen molar-refractivity contribution in [1.29, 1.82) is 0 Å². The maximum Gasteiger partial charge on any atom is 0.244 e. The van der Waals surface area contributed by atoms with E-state index < -0.39 is 10.0 Å². The SMILES string of the molecule is CCNc1ncccc1S(=O)(=O)NCCn1cc(C)cn1. The van der Waals surface area contributed by atoms with E-state index in [0.717, 1.165) is 5.56 Å². The molecule has 0 spiro atoms. The summed E-state index contributed by atoms with van der Waals surface area (Å²) in [6.45, 7) is 5.17. The van der Waals surface area contributed by atoms with E-state index in [1.807, 2.05) is 20.0 Å². The van der Waals surface area contributed by atoms with Gasteiger partial charge < -0.3 is 5.32 Å². The highest BCUT2D eigenvalue weighted by molar-refractivity contribution is 7.89. The molecule has 0 saturated heterocycles. The molecule has 0 amide bonds. The lowest BCUT2D eigenvalue weighted by molar-refractivity contribution is 0.561. The van der Waals surface area contributed by atoms with Crippen LogP contribution in [0.15, 0.2) is 35.6 Å². The minimum Gasteiger partial charge on any atom is -0.369 e. The molecule has 0 atom stereocenters. The highest BCUT2D eigenvalue weighted by atomic mass is 32.2. The van der Waals surface area contributed by atoms with Crippen LogP contribution in [0.2, 0.25) is 0 Å². The zero-order valence-electron chi connectivity index (χ0n) is 12.1. The average Bonchev–Trinajstić information content (AvgIpc) is 2.85. The Hall–Kier alpha value is -1.93. The molecule has 0 fully saturated rings. The first kappa shape index (κ1) is 15.5. The van der Waals surface area contributed by atoms with E-state index in [0.29, 0.717) is 18.9 Å². The molecule has 0 aromatic carbocycles. The number of aryl methyl sites for hydroxylation is 1. The minimum atomic E-state index is -3.59. The number of nitrogens with one attached hydrogen (secondary N) is 2. The zero-order valence-corrected chi connectivity index (χ0v) is 12.9. The number of hydrogen-bond donors (Lipinski definition) is 2. The molecule has 0 aliphatic carbocycles. The van der Waals surface area contributed by atoms with Gasteiger partial charge in [0.2, 0.25) is 10.0 Å². The maximum atomic E-state index is 12.3. The Balaban J connectivity index is 2.04. The third-order valence-electron chi connectivity index (χ3n) is 2.80. The second-order valence-corrected chi connectivity index (χ2v) is 6.29. The Morgan fingerprint density at radius 2 is 2.19 bits per heavy atom. The molecule has 2 N–H and O–H groups in total. The highest BCUT2D eigenvalue weighted by Crippen LogP contribution is 2.17. The summed E-state index contributed by atoms with van der Waals surface area (Å²) in [5.41, 5.74) is 1.04. The van der Waals surface area contributed by atoms with Crippen molar-refractivity contribution in [3.05, 3.63) is 36.3 Å². The topological polar surface area (TPSA) is 88.9 Å². The van der Waals surface area contributed by atoms with E-state index in [-0.39, 0.29) is 11.4 Å². The first-order valence-corrected chi connectivity index (χ1v) is 8.19. The number of rotatable bonds is 7. The van der Waals surface area contributed by atoms with Gasteiger partial charge in [0.1, 0.15) is 10.7 Å². The Kier molecular flexibility index (Phi) is 4.92. The smallest absolute Gasteiger partial charge is 0.244 e. The van der Waals surface area contributed by atoms with E-state index >= 15 is 0 Å². The molecule has 21 heavy (non-hydrogen) atoms. The average molecular weight is 309 g/mol. The van der Waals surface area contributed by atoms with Gasteiger partial charge in [-0.05, 0) is 31.5 Å². The van der Waals surface area contributed by atoms with Crippen LogP contribution >= 0.6 is 0 Å². The lowest BCUT2D eigenvalue weighted by Gasteiger charge is -2.11. The molecule has 0 radical (unpaired) electrons. The van der Waals surface area contributed by atoms with Crippen LogP contribution in [0.25, 0.3) is 0 Å². The van der Waals surface area contributed by atoms with Crippen molar-refractivity contribution in [2.24, 2.45) is 0 Å². The fourth-order valence-electron chi connectivity index (χ4n) is 1.87.